The molecule has 25 heavy (non-hydrogen) atoms. The van der Waals surface area contributed by atoms with Crippen molar-refractivity contribution in [3.05, 3.63) is 89.7 Å². The molecule has 6 heteroatoms. The lowest BCUT2D eigenvalue weighted by Crippen LogP contribution is -2.15. The Labute approximate surface area is 146 Å². The topological polar surface area (TPSA) is 29.1 Å². The Balaban J connectivity index is 1.86. The fourth-order valence-electron chi connectivity index (χ4n) is 2.17. The molecule has 0 atom stereocenters. The summed E-state index contributed by atoms with van der Waals surface area (Å²) >= 11 is 1.42. The molecule has 0 unspecified atom stereocenters. The van der Waals surface area contributed by atoms with E-state index in [1.165, 1.54) is 11.8 Å². The van der Waals surface area contributed by atoms with Crippen molar-refractivity contribution in [2.75, 3.05) is 5.32 Å². The standard InChI is InChI=1S/C19H12F3NOS/c20-14-11-10-13(17(21)18(14)22)19(24)23-15-8-4-5-9-16(15)25-12-6-2-1-3-7-12/h1-11H,(H,23,24). The molecule has 126 valence electrons. The second-order valence-electron chi connectivity index (χ2n) is 5.09. The Morgan fingerprint density at radius 1 is 0.800 bits per heavy atom. The molecule has 0 aliphatic carbocycles. The smallest absolute Gasteiger partial charge is 0.258 e. The van der Waals surface area contributed by atoms with E-state index >= 15 is 0 Å². The first kappa shape index (κ1) is 17.1. The average molecular weight is 359 g/mol. The van der Waals surface area contributed by atoms with Gasteiger partial charge >= 0.3 is 0 Å². The van der Waals surface area contributed by atoms with Gasteiger partial charge < -0.3 is 5.32 Å². The molecule has 3 aromatic carbocycles. The van der Waals surface area contributed by atoms with E-state index in [0.717, 1.165) is 21.9 Å². The molecule has 2 nitrogen and oxygen atoms in total. The lowest BCUT2D eigenvalue weighted by molar-refractivity contribution is 0.102. The summed E-state index contributed by atoms with van der Waals surface area (Å²) in [6, 6.07) is 18.1. The molecule has 0 heterocycles. The number of carbonyl (C=O) groups is 1. The summed E-state index contributed by atoms with van der Waals surface area (Å²) in [5, 5.41) is 2.55. The van der Waals surface area contributed by atoms with Crippen LogP contribution >= 0.6 is 11.8 Å². The van der Waals surface area contributed by atoms with E-state index in [2.05, 4.69) is 5.32 Å². The van der Waals surface area contributed by atoms with Gasteiger partial charge in [0.15, 0.2) is 17.5 Å². The van der Waals surface area contributed by atoms with Gasteiger partial charge in [-0.2, -0.15) is 0 Å². The predicted molar refractivity (Wildman–Crippen MR) is 91.3 cm³/mol. The first-order valence-corrected chi connectivity index (χ1v) is 8.14. The Hall–Kier alpha value is -2.73. The van der Waals surface area contributed by atoms with Gasteiger partial charge in [0.2, 0.25) is 0 Å². The predicted octanol–water partition coefficient (Wildman–Crippen LogP) is 5.51. The zero-order valence-electron chi connectivity index (χ0n) is 12.8. The zero-order chi connectivity index (χ0) is 17.8. The molecular formula is C19H12F3NOS. The first-order valence-electron chi connectivity index (χ1n) is 7.33. The van der Waals surface area contributed by atoms with Crippen LogP contribution in [-0.2, 0) is 0 Å². The van der Waals surface area contributed by atoms with Gasteiger partial charge in [-0.3, -0.25) is 4.79 Å². The van der Waals surface area contributed by atoms with E-state index in [0.29, 0.717) is 5.69 Å². The molecule has 0 aliphatic heterocycles. The Bertz CT molecular complexity index is 916. The van der Waals surface area contributed by atoms with E-state index < -0.39 is 28.9 Å². The van der Waals surface area contributed by atoms with Crippen molar-refractivity contribution in [1.82, 2.24) is 0 Å². The molecule has 0 aromatic heterocycles. The Kier molecular flexibility index (Phi) is 5.09. The Morgan fingerprint density at radius 2 is 1.48 bits per heavy atom. The van der Waals surface area contributed by atoms with Crippen LogP contribution in [0.15, 0.2) is 76.5 Å². The van der Waals surface area contributed by atoms with Gasteiger partial charge in [-0.25, -0.2) is 13.2 Å². The van der Waals surface area contributed by atoms with Gasteiger partial charge in [-0.15, -0.1) is 0 Å². The third-order valence-corrected chi connectivity index (χ3v) is 4.47. The number of anilines is 1. The maximum Gasteiger partial charge on any atom is 0.258 e. The molecule has 1 amide bonds. The van der Waals surface area contributed by atoms with Crippen molar-refractivity contribution in [1.29, 1.82) is 0 Å². The molecule has 0 saturated carbocycles. The van der Waals surface area contributed by atoms with Crippen molar-refractivity contribution in [3.63, 3.8) is 0 Å². The minimum Gasteiger partial charge on any atom is -0.321 e. The number of rotatable bonds is 4. The second-order valence-corrected chi connectivity index (χ2v) is 6.20. The average Bonchev–Trinajstić information content (AvgIpc) is 2.62. The summed E-state index contributed by atoms with van der Waals surface area (Å²) in [6.45, 7) is 0. The molecule has 3 aromatic rings. The van der Waals surface area contributed by atoms with Crippen LogP contribution < -0.4 is 5.32 Å². The number of carbonyl (C=O) groups excluding carboxylic acids is 1. The number of nitrogens with one attached hydrogen (secondary N) is 1. The van der Waals surface area contributed by atoms with E-state index in [1.54, 1.807) is 24.3 Å². The molecule has 0 bridgehead atoms. The number of amides is 1. The number of hydrogen-bond acceptors (Lipinski definition) is 2. The largest absolute Gasteiger partial charge is 0.321 e. The van der Waals surface area contributed by atoms with E-state index in [9.17, 15) is 18.0 Å². The number of benzene rings is 3. The van der Waals surface area contributed by atoms with Gasteiger partial charge in [-0.1, -0.05) is 42.1 Å². The molecule has 0 saturated heterocycles. The van der Waals surface area contributed by atoms with Crippen LogP contribution in [0.2, 0.25) is 0 Å². The monoisotopic (exact) mass is 359 g/mol. The van der Waals surface area contributed by atoms with Crippen LogP contribution in [0.5, 0.6) is 0 Å². The van der Waals surface area contributed by atoms with E-state index in [1.807, 2.05) is 30.3 Å². The third-order valence-electron chi connectivity index (χ3n) is 3.39. The van der Waals surface area contributed by atoms with Crippen molar-refractivity contribution < 1.29 is 18.0 Å². The van der Waals surface area contributed by atoms with E-state index in [4.69, 9.17) is 0 Å². The molecule has 1 N–H and O–H groups in total. The van der Waals surface area contributed by atoms with Crippen molar-refractivity contribution in [3.8, 4) is 0 Å². The SMILES string of the molecule is O=C(Nc1ccccc1Sc1ccccc1)c1ccc(F)c(F)c1F. The highest BCUT2D eigenvalue weighted by Crippen LogP contribution is 2.33. The number of para-hydroxylation sites is 1. The fraction of sp³-hybridized carbons (Fsp3) is 0. The first-order chi connectivity index (χ1) is 12.1. The molecule has 0 aliphatic rings. The Morgan fingerprint density at radius 3 is 2.24 bits per heavy atom. The maximum absolute atomic E-state index is 13.8. The van der Waals surface area contributed by atoms with Crippen molar-refractivity contribution in [2.24, 2.45) is 0 Å². The molecule has 0 radical (unpaired) electrons. The number of hydrogen-bond donors (Lipinski definition) is 1. The molecule has 0 spiro atoms. The van der Waals surface area contributed by atoms with Crippen molar-refractivity contribution >= 4 is 23.4 Å². The van der Waals surface area contributed by atoms with Crippen LogP contribution in [0.25, 0.3) is 0 Å². The van der Waals surface area contributed by atoms with Crippen LogP contribution in [0, 0.1) is 17.5 Å². The molecular weight excluding hydrogens is 347 g/mol. The highest BCUT2D eigenvalue weighted by molar-refractivity contribution is 7.99. The summed E-state index contributed by atoms with van der Waals surface area (Å²) in [7, 11) is 0. The van der Waals surface area contributed by atoms with Gasteiger partial charge in [0.05, 0.1) is 11.3 Å². The van der Waals surface area contributed by atoms with Crippen LogP contribution in [0.4, 0.5) is 18.9 Å². The lowest BCUT2D eigenvalue weighted by Gasteiger charge is -2.11. The highest BCUT2D eigenvalue weighted by atomic mass is 32.2. The maximum atomic E-state index is 13.8. The minimum atomic E-state index is -1.67. The summed E-state index contributed by atoms with van der Waals surface area (Å²) < 4.78 is 40.1. The second kappa shape index (κ2) is 7.44. The molecule has 3 rings (SSSR count). The van der Waals surface area contributed by atoms with Crippen LogP contribution in [0.1, 0.15) is 10.4 Å². The number of halogens is 3. The van der Waals surface area contributed by atoms with E-state index in [-0.39, 0.29) is 0 Å². The fourth-order valence-corrected chi connectivity index (χ4v) is 3.09. The third kappa shape index (κ3) is 3.85. The quantitative estimate of drug-likeness (QED) is 0.623. The van der Waals surface area contributed by atoms with Gasteiger partial charge in [0.25, 0.3) is 5.91 Å². The highest BCUT2D eigenvalue weighted by Gasteiger charge is 2.19. The van der Waals surface area contributed by atoms with Crippen molar-refractivity contribution in [2.45, 2.75) is 9.79 Å². The summed E-state index contributed by atoms with van der Waals surface area (Å²) in [5.41, 5.74) is -0.107. The van der Waals surface area contributed by atoms with Crippen LogP contribution in [-0.4, -0.2) is 5.91 Å². The summed E-state index contributed by atoms with van der Waals surface area (Å²) in [4.78, 5) is 14.0. The van der Waals surface area contributed by atoms with Gasteiger partial charge in [-0.05, 0) is 36.4 Å². The van der Waals surface area contributed by atoms with Crippen LogP contribution in [0.3, 0.4) is 0 Å². The summed E-state index contributed by atoms with van der Waals surface area (Å²) in [6.07, 6.45) is 0. The van der Waals surface area contributed by atoms with Gasteiger partial charge in [0, 0.05) is 9.79 Å². The zero-order valence-corrected chi connectivity index (χ0v) is 13.6. The van der Waals surface area contributed by atoms with Gasteiger partial charge in [0.1, 0.15) is 0 Å². The molecule has 0 fully saturated rings. The lowest BCUT2D eigenvalue weighted by atomic mass is 10.1. The minimum absolute atomic E-state index is 0.450. The summed E-state index contributed by atoms with van der Waals surface area (Å²) in [5.74, 6) is -5.36. The normalized spacial score (nSPS) is 10.5.